The average Bonchev–Trinajstić information content (AvgIpc) is 3.27. The van der Waals surface area contributed by atoms with Crippen LogP contribution in [-0.2, 0) is 28.8 Å². The second-order valence-corrected chi connectivity index (χ2v) is 9.88. The molecular weight excluding hydrogens is 358 g/mol. The molecule has 0 saturated carbocycles. The van der Waals surface area contributed by atoms with Crippen molar-refractivity contribution in [2.75, 3.05) is 37.9 Å². The van der Waals surface area contributed by atoms with Crippen molar-refractivity contribution >= 4 is 15.7 Å². The summed E-state index contributed by atoms with van der Waals surface area (Å²) < 4.78 is 40.9. The number of sulfone groups is 1. The Kier molecular flexibility index (Phi) is 6.93. The van der Waals surface area contributed by atoms with Crippen molar-refractivity contribution in [2.24, 2.45) is 0 Å². The average molecular weight is 390 g/mol. The third-order valence-corrected chi connectivity index (χ3v) is 7.26. The molecular formula is C18H31NO6S. The van der Waals surface area contributed by atoms with Gasteiger partial charge in [0.25, 0.3) is 5.91 Å². The zero-order valence-electron chi connectivity index (χ0n) is 15.6. The van der Waals surface area contributed by atoms with Crippen LogP contribution in [0.4, 0.5) is 0 Å². The van der Waals surface area contributed by atoms with Crippen molar-refractivity contribution in [3.8, 4) is 0 Å². The van der Waals surface area contributed by atoms with E-state index in [1.807, 2.05) is 0 Å². The normalized spacial score (nSPS) is 32.4. The summed E-state index contributed by atoms with van der Waals surface area (Å²) in [4.78, 5) is 14.7. The van der Waals surface area contributed by atoms with Gasteiger partial charge in [-0.2, -0.15) is 0 Å². The van der Waals surface area contributed by atoms with Gasteiger partial charge >= 0.3 is 0 Å². The highest BCUT2D eigenvalue weighted by Gasteiger charge is 2.38. The molecule has 0 N–H and O–H groups in total. The highest BCUT2D eigenvalue weighted by atomic mass is 32.2. The Morgan fingerprint density at radius 1 is 1.12 bits per heavy atom. The van der Waals surface area contributed by atoms with E-state index >= 15 is 0 Å². The van der Waals surface area contributed by atoms with Gasteiger partial charge in [-0.3, -0.25) is 4.79 Å². The molecule has 3 aliphatic rings. The molecule has 3 heterocycles. The van der Waals surface area contributed by atoms with Crippen LogP contribution < -0.4 is 0 Å². The lowest BCUT2D eigenvalue weighted by Gasteiger charge is -2.33. The molecule has 0 bridgehead atoms. The molecule has 7 nitrogen and oxygen atoms in total. The van der Waals surface area contributed by atoms with Crippen molar-refractivity contribution < 1.29 is 27.4 Å². The Bertz CT molecular complexity index is 568. The fourth-order valence-electron chi connectivity index (χ4n) is 3.94. The lowest BCUT2D eigenvalue weighted by Crippen LogP contribution is -2.49. The highest BCUT2D eigenvalue weighted by Crippen LogP contribution is 2.23. The molecule has 3 saturated heterocycles. The summed E-state index contributed by atoms with van der Waals surface area (Å²) in [6.07, 6.45) is 5.01. The first-order valence-corrected chi connectivity index (χ1v) is 11.6. The minimum Gasteiger partial charge on any atom is -0.376 e. The van der Waals surface area contributed by atoms with Crippen molar-refractivity contribution in [3.63, 3.8) is 0 Å². The van der Waals surface area contributed by atoms with E-state index in [9.17, 15) is 13.2 Å². The summed E-state index contributed by atoms with van der Waals surface area (Å²) in [5.41, 5.74) is 0. The molecule has 3 aliphatic heterocycles. The van der Waals surface area contributed by atoms with Gasteiger partial charge < -0.3 is 19.1 Å². The second-order valence-electron chi connectivity index (χ2n) is 7.65. The first-order valence-electron chi connectivity index (χ1n) is 9.80. The predicted octanol–water partition coefficient (Wildman–Crippen LogP) is 1.16. The fraction of sp³-hybridized carbons (Fsp3) is 0.944. The number of amides is 1. The van der Waals surface area contributed by atoms with Gasteiger partial charge in [-0.1, -0.05) is 0 Å². The smallest absolute Gasteiger partial charge is 0.251 e. The van der Waals surface area contributed by atoms with E-state index in [1.54, 1.807) is 11.8 Å². The van der Waals surface area contributed by atoms with Gasteiger partial charge in [0.2, 0.25) is 0 Å². The van der Waals surface area contributed by atoms with E-state index in [1.165, 1.54) is 0 Å². The SMILES string of the molecule is CC(OCC1CCCCO1)C(=O)N(CC1CCCO1)C1CCS(=O)(=O)C1. The quantitative estimate of drug-likeness (QED) is 0.650. The number of nitrogens with zero attached hydrogens (tertiary/aromatic N) is 1. The number of ether oxygens (including phenoxy) is 3. The Morgan fingerprint density at radius 3 is 2.46 bits per heavy atom. The molecule has 0 radical (unpaired) electrons. The zero-order chi connectivity index (χ0) is 18.6. The van der Waals surface area contributed by atoms with Crippen molar-refractivity contribution in [2.45, 2.75) is 69.8 Å². The highest BCUT2D eigenvalue weighted by molar-refractivity contribution is 7.91. The van der Waals surface area contributed by atoms with Crippen LogP contribution in [0, 0.1) is 0 Å². The van der Waals surface area contributed by atoms with Crippen LogP contribution in [0.2, 0.25) is 0 Å². The third kappa shape index (κ3) is 5.41. The first-order chi connectivity index (χ1) is 12.4. The number of rotatable bonds is 7. The van der Waals surface area contributed by atoms with Gasteiger partial charge in [-0.15, -0.1) is 0 Å². The molecule has 0 aromatic rings. The van der Waals surface area contributed by atoms with Crippen LogP contribution in [0.5, 0.6) is 0 Å². The molecule has 4 atom stereocenters. The lowest BCUT2D eigenvalue weighted by molar-refractivity contribution is -0.149. The van der Waals surface area contributed by atoms with E-state index in [0.29, 0.717) is 26.2 Å². The van der Waals surface area contributed by atoms with Gasteiger partial charge in [0.1, 0.15) is 6.10 Å². The number of carbonyl (C=O) groups is 1. The van der Waals surface area contributed by atoms with Crippen molar-refractivity contribution in [1.29, 1.82) is 0 Å². The molecule has 1 amide bonds. The van der Waals surface area contributed by atoms with Crippen LogP contribution in [0.1, 0.15) is 45.4 Å². The second kappa shape index (κ2) is 8.99. The van der Waals surface area contributed by atoms with Crippen LogP contribution in [0.15, 0.2) is 0 Å². The predicted molar refractivity (Wildman–Crippen MR) is 96.8 cm³/mol. The monoisotopic (exact) mass is 389 g/mol. The van der Waals surface area contributed by atoms with E-state index in [2.05, 4.69) is 0 Å². The number of hydrogen-bond donors (Lipinski definition) is 0. The fourth-order valence-corrected chi connectivity index (χ4v) is 5.67. The topological polar surface area (TPSA) is 82.1 Å². The minimum absolute atomic E-state index is 0.00358. The van der Waals surface area contributed by atoms with Crippen LogP contribution in [-0.4, -0.2) is 81.4 Å². The number of carbonyl (C=O) groups excluding carboxylic acids is 1. The Morgan fingerprint density at radius 2 is 1.85 bits per heavy atom. The molecule has 3 fully saturated rings. The molecule has 0 aliphatic carbocycles. The van der Waals surface area contributed by atoms with Crippen LogP contribution in [0.25, 0.3) is 0 Å². The Balaban J connectivity index is 1.59. The van der Waals surface area contributed by atoms with Gasteiger partial charge in [0.15, 0.2) is 9.84 Å². The zero-order valence-corrected chi connectivity index (χ0v) is 16.4. The standard InChI is InChI=1S/C18H31NO6S/c1-14(25-12-17-5-2-3-8-24-17)18(20)19(11-16-6-4-9-23-16)15-7-10-26(21,22)13-15/h14-17H,2-13H2,1H3. The van der Waals surface area contributed by atoms with E-state index in [4.69, 9.17) is 14.2 Å². The molecule has 0 aromatic heterocycles. The van der Waals surface area contributed by atoms with E-state index < -0.39 is 15.9 Å². The number of hydrogen-bond acceptors (Lipinski definition) is 6. The van der Waals surface area contributed by atoms with Gasteiger partial charge in [-0.25, -0.2) is 8.42 Å². The molecule has 3 rings (SSSR count). The maximum absolute atomic E-state index is 13.0. The first kappa shape index (κ1) is 20.0. The summed E-state index contributed by atoms with van der Waals surface area (Å²) in [5, 5.41) is 0. The van der Waals surface area contributed by atoms with Gasteiger partial charge in [0.05, 0.1) is 30.3 Å². The molecule has 150 valence electrons. The van der Waals surface area contributed by atoms with Crippen molar-refractivity contribution in [1.82, 2.24) is 4.90 Å². The maximum atomic E-state index is 13.0. The van der Waals surface area contributed by atoms with Gasteiger partial charge in [-0.05, 0) is 45.4 Å². The van der Waals surface area contributed by atoms with E-state index in [-0.39, 0.29) is 35.7 Å². The molecule has 0 spiro atoms. The summed E-state index contributed by atoms with van der Waals surface area (Å²) in [5.74, 6) is 0.0561. The van der Waals surface area contributed by atoms with Gasteiger partial charge in [0, 0.05) is 25.8 Å². The summed E-state index contributed by atoms with van der Waals surface area (Å²) in [6, 6.07) is -0.270. The third-order valence-electron chi connectivity index (χ3n) is 5.51. The molecule has 8 heteroatoms. The Labute approximate surface area is 156 Å². The van der Waals surface area contributed by atoms with E-state index in [0.717, 1.165) is 38.7 Å². The lowest BCUT2D eigenvalue weighted by atomic mass is 10.1. The summed E-state index contributed by atoms with van der Waals surface area (Å²) >= 11 is 0. The minimum atomic E-state index is -3.06. The maximum Gasteiger partial charge on any atom is 0.251 e. The van der Waals surface area contributed by atoms with Crippen LogP contribution in [0.3, 0.4) is 0 Å². The largest absolute Gasteiger partial charge is 0.376 e. The summed E-state index contributed by atoms with van der Waals surface area (Å²) in [7, 11) is -3.06. The Hall–Kier alpha value is -0.700. The van der Waals surface area contributed by atoms with Crippen LogP contribution >= 0.6 is 0 Å². The van der Waals surface area contributed by atoms with Crippen molar-refractivity contribution in [3.05, 3.63) is 0 Å². The summed E-state index contributed by atoms with van der Waals surface area (Å²) in [6.45, 7) is 4.07. The molecule has 4 unspecified atom stereocenters. The molecule has 26 heavy (non-hydrogen) atoms. The molecule has 0 aromatic carbocycles.